The van der Waals surface area contributed by atoms with Gasteiger partial charge in [0.15, 0.2) is 0 Å². The molecule has 0 aliphatic heterocycles. The molecule has 0 aliphatic carbocycles. The summed E-state index contributed by atoms with van der Waals surface area (Å²) in [5, 5.41) is 0. The number of ether oxygens (including phenoxy) is 1. The van der Waals surface area contributed by atoms with Gasteiger partial charge in [-0.15, -0.1) is 0 Å². The number of nitrogens with two attached hydrogens (primary N) is 1. The van der Waals surface area contributed by atoms with Crippen molar-refractivity contribution in [3.63, 3.8) is 0 Å². The van der Waals surface area contributed by atoms with Gasteiger partial charge >= 0.3 is 0 Å². The van der Waals surface area contributed by atoms with Gasteiger partial charge < -0.3 is 10.5 Å². The molecule has 0 saturated carbocycles. The van der Waals surface area contributed by atoms with Crippen LogP contribution in [-0.4, -0.2) is 13.7 Å². The summed E-state index contributed by atoms with van der Waals surface area (Å²) in [6.07, 6.45) is 4.52. The first-order chi connectivity index (χ1) is 7.69. The lowest BCUT2D eigenvalue weighted by atomic mass is 10.0. The molecule has 2 N–H and O–H groups in total. The third kappa shape index (κ3) is 3.80. The topological polar surface area (TPSA) is 35.2 Å². The largest absolute Gasteiger partial charge is 0.496 e. The molecule has 16 heavy (non-hydrogen) atoms. The molecule has 1 rings (SSSR count). The van der Waals surface area contributed by atoms with Gasteiger partial charge in [-0.05, 0) is 56.0 Å². The zero-order chi connectivity index (χ0) is 12.0. The zero-order valence-electron chi connectivity index (χ0n) is 10.1. The fourth-order valence-electron chi connectivity index (χ4n) is 1.72. The molecular formula is C13H20BrNO. The highest BCUT2D eigenvalue weighted by molar-refractivity contribution is 9.10. The molecule has 0 aliphatic rings. The molecule has 1 aromatic carbocycles. The van der Waals surface area contributed by atoms with Gasteiger partial charge in [-0.1, -0.05) is 22.4 Å². The third-order valence-electron chi connectivity index (χ3n) is 2.71. The van der Waals surface area contributed by atoms with Crippen molar-refractivity contribution >= 4 is 15.9 Å². The van der Waals surface area contributed by atoms with Crippen LogP contribution in [-0.2, 0) is 6.42 Å². The first-order valence-corrected chi connectivity index (χ1v) is 6.51. The van der Waals surface area contributed by atoms with E-state index in [9.17, 15) is 0 Å². The molecule has 0 bridgehead atoms. The molecule has 2 nitrogen and oxygen atoms in total. The first kappa shape index (κ1) is 13.5. The Balaban J connectivity index is 2.66. The molecule has 0 amide bonds. The van der Waals surface area contributed by atoms with Crippen molar-refractivity contribution < 1.29 is 4.74 Å². The number of aryl methyl sites for hydroxylation is 2. The first-order valence-electron chi connectivity index (χ1n) is 5.72. The Bertz CT molecular complexity index is 339. The van der Waals surface area contributed by atoms with E-state index in [1.807, 2.05) is 0 Å². The van der Waals surface area contributed by atoms with Crippen LogP contribution in [0.2, 0.25) is 0 Å². The lowest BCUT2D eigenvalue weighted by Crippen LogP contribution is -1.99. The average molecular weight is 286 g/mol. The van der Waals surface area contributed by atoms with Gasteiger partial charge in [0.1, 0.15) is 5.75 Å². The van der Waals surface area contributed by atoms with E-state index in [1.165, 1.54) is 24.0 Å². The minimum atomic E-state index is 0.786. The van der Waals surface area contributed by atoms with E-state index in [1.54, 1.807) is 7.11 Å². The summed E-state index contributed by atoms with van der Waals surface area (Å²) in [5.41, 5.74) is 7.96. The van der Waals surface area contributed by atoms with Crippen molar-refractivity contribution in [2.75, 3.05) is 13.7 Å². The Morgan fingerprint density at radius 2 is 2.00 bits per heavy atom. The number of methoxy groups -OCH3 is 1. The van der Waals surface area contributed by atoms with Crippen LogP contribution in [0.5, 0.6) is 5.75 Å². The van der Waals surface area contributed by atoms with E-state index in [0.717, 1.165) is 29.6 Å². The summed E-state index contributed by atoms with van der Waals surface area (Å²) in [6, 6.07) is 4.25. The van der Waals surface area contributed by atoms with Gasteiger partial charge in [0.25, 0.3) is 0 Å². The van der Waals surface area contributed by atoms with Gasteiger partial charge in [-0.25, -0.2) is 0 Å². The van der Waals surface area contributed by atoms with Crippen molar-refractivity contribution in [3.05, 3.63) is 27.7 Å². The quantitative estimate of drug-likeness (QED) is 0.813. The predicted molar refractivity (Wildman–Crippen MR) is 72.0 cm³/mol. The second kappa shape index (κ2) is 6.92. The van der Waals surface area contributed by atoms with Crippen LogP contribution in [0, 0.1) is 6.92 Å². The number of benzene rings is 1. The van der Waals surface area contributed by atoms with Crippen molar-refractivity contribution in [2.24, 2.45) is 5.73 Å². The molecule has 0 saturated heterocycles. The maximum Gasteiger partial charge on any atom is 0.122 e. The number of hydrogen-bond acceptors (Lipinski definition) is 2. The highest BCUT2D eigenvalue weighted by Crippen LogP contribution is 2.28. The number of rotatable bonds is 6. The van der Waals surface area contributed by atoms with Crippen molar-refractivity contribution in [1.82, 2.24) is 0 Å². The van der Waals surface area contributed by atoms with Crippen molar-refractivity contribution in [3.8, 4) is 5.75 Å². The highest BCUT2D eigenvalue weighted by atomic mass is 79.9. The summed E-state index contributed by atoms with van der Waals surface area (Å²) in [4.78, 5) is 0. The Hall–Kier alpha value is -0.540. The normalized spacial score (nSPS) is 10.5. The van der Waals surface area contributed by atoms with E-state index in [-0.39, 0.29) is 0 Å². The Kier molecular flexibility index (Phi) is 5.85. The SMILES string of the molecule is COc1cc(C)c(Br)cc1CCCCCN. The van der Waals surface area contributed by atoms with E-state index in [2.05, 4.69) is 35.0 Å². The minimum absolute atomic E-state index is 0.786. The zero-order valence-corrected chi connectivity index (χ0v) is 11.6. The summed E-state index contributed by atoms with van der Waals surface area (Å²) in [5.74, 6) is 0.994. The fraction of sp³-hybridized carbons (Fsp3) is 0.538. The van der Waals surface area contributed by atoms with Crippen LogP contribution < -0.4 is 10.5 Å². The number of halogens is 1. The van der Waals surface area contributed by atoms with Gasteiger partial charge in [0.05, 0.1) is 7.11 Å². The van der Waals surface area contributed by atoms with E-state index >= 15 is 0 Å². The second-order valence-electron chi connectivity index (χ2n) is 4.01. The molecule has 0 heterocycles. The third-order valence-corrected chi connectivity index (χ3v) is 3.57. The molecule has 3 heteroatoms. The van der Waals surface area contributed by atoms with Crippen LogP contribution in [0.3, 0.4) is 0 Å². The van der Waals surface area contributed by atoms with Crippen molar-refractivity contribution in [2.45, 2.75) is 32.6 Å². The molecule has 90 valence electrons. The van der Waals surface area contributed by atoms with E-state index < -0.39 is 0 Å². The van der Waals surface area contributed by atoms with Crippen LogP contribution >= 0.6 is 15.9 Å². The average Bonchev–Trinajstić information content (AvgIpc) is 2.28. The Morgan fingerprint density at radius 3 is 2.62 bits per heavy atom. The maximum atomic E-state index is 5.48. The molecule has 0 aromatic heterocycles. The predicted octanol–water partition coefficient (Wildman–Crippen LogP) is 3.44. The molecule has 0 spiro atoms. The summed E-state index contributed by atoms with van der Waals surface area (Å²) < 4.78 is 6.55. The van der Waals surface area contributed by atoms with Crippen LogP contribution in [0.1, 0.15) is 30.4 Å². The maximum absolute atomic E-state index is 5.48. The molecular weight excluding hydrogens is 266 g/mol. The smallest absolute Gasteiger partial charge is 0.122 e. The van der Waals surface area contributed by atoms with Crippen LogP contribution in [0.15, 0.2) is 16.6 Å². The molecule has 0 fully saturated rings. The molecule has 0 unspecified atom stereocenters. The summed E-state index contributed by atoms with van der Waals surface area (Å²) >= 11 is 3.56. The van der Waals surface area contributed by atoms with Gasteiger partial charge in [-0.3, -0.25) is 0 Å². The fourth-order valence-corrected chi connectivity index (χ4v) is 2.11. The number of unbranched alkanes of at least 4 members (excludes halogenated alkanes) is 2. The second-order valence-corrected chi connectivity index (χ2v) is 4.87. The number of hydrogen-bond donors (Lipinski definition) is 1. The molecule has 0 atom stereocenters. The standard InChI is InChI=1S/C13H20BrNO/c1-10-8-13(16-2)11(9-12(10)14)6-4-3-5-7-15/h8-9H,3-7,15H2,1-2H3. The van der Waals surface area contributed by atoms with Crippen molar-refractivity contribution in [1.29, 1.82) is 0 Å². The lowest BCUT2D eigenvalue weighted by Gasteiger charge is -2.11. The monoisotopic (exact) mass is 285 g/mol. The van der Waals surface area contributed by atoms with Crippen LogP contribution in [0.4, 0.5) is 0 Å². The summed E-state index contributed by atoms with van der Waals surface area (Å²) in [7, 11) is 1.73. The molecule has 0 radical (unpaired) electrons. The van der Waals surface area contributed by atoms with E-state index in [4.69, 9.17) is 10.5 Å². The summed E-state index contributed by atoms with van der Waals surface area (Å²) in [6.45, 7) is 2.86. The van der Waals surface area contributed by atoms with Gasteiger partial charge in [0.2, 0.25) is 0 Å². The Morgan fingerprint density at radius 1 is 1.25 bits per heavy atom. The van der Waals surface area contributed by atoms with Gasteiger partial charge in [0, 0.05) is 4.47 Å². The van der Waals surface area contributed by atoms with E-state index in [0.29, 0.717) is 0 Å². The highest BCUT2D eigenvalue weighted by Gasteiger charge is 2.06. The van der Waals surface area contributed by atoms with Crippen LogP contribution in [0.25, 0.3) is 0 Å². The lowest BCUT2D eigenvalue weighted by molar-refractivity contribution is 0.408. The minimum Gasteiger partial charge on any atom is -0.496 e. The Labute approximate surface area is 106 Å². The molecule has 1 aromatic rings. The van der Waals surface area contributed by atoms with Gasteiger partial charge in [-0.2, -0.15) is 0 Å².